The number of ether oxygens (including phenoxy) is 2. The van der Waals surface area contributed by atoms with Crippen LogP contribution in [0.1, 0.15) is 22.5 Å². The Morgan fingerprint density at radius 2 is 2.07 bits per heavy atom. The average Bonchev–Trinajstić information content (AvgIpc) is 2.20. The van der Waals surface area contributed by atoms with Gasteiger partial charge in [-0.15, -0.1) is 0 Å². The molecule has 14 heavy (non-hydrogen) atoms. The summed E-state index contributed by atoms with van der Waals surface area (Å²) >= 11 is 0. The molecule has 0 aliphatic rings. The van der Waals surface area contributed by atoms with Crippen LogP contribution in [0.25, 0.3) is 0 Å². The van der Waals surface area contributed by atoms with Crippen LogP contribution in [0.15, 0.2) is 18.2 Å². The molecular weight excluding hydrogens is 186 g/mol. The molecule has 5 nitrogen and oxygen atoms in total. The highest BCUT2D eigenvalue weighted by Crippen LogP contribution is 2.14. The van der Waals surface area contributed by atoms with E-state index in [1.807, 2.05) is 0 Å². The van der Waals surface area contributed by atoms with Gasteiger partial charge in [0, 0.05) is 14.2 Å². The second-order valence-electron chi connectivity index (χ2n) is 2.56. The van der Waals surface area contributed by atoms with Crippen LogP contribution >= 0.6 is 0 Å². The second-order valence-corrected chi connectivity index (χ2v) is 2.56. The minimum Gasteiger partial charge on any atom is -0.477 e. The summed E-state index contributed by atoms with van der Waals surface area (Å²) < 4.78 is 9.89. The first-order chi connectivity index (χ1) is 6.69. The van der Waals surface area contributed by atoms with Gasteiger partial charge in [0.2, 0.25) is 6.29 Å². The van der Waals surface area contributed by atoms with Crippen LogP contribution in [0.4, 0.5) is 0 Å². The Morgan fingerprint density at radius 1 is 1.43 bits per heavy atom. The molecule has 0 aliphatic carbocycles. The average molecular weight is 197 g/mol. The Kier molecular flexibility index (Phi) is 3.55. The van der Waals surface area contributed by atoms with Gasteiger partial charge in [-0.25, -0.2) is 9.78 Å². The van der Waals surface area contributed by atoms with Gasteiger partial charge in [-0.3, -0.25) is 0 Å². The maximum atomic E-state index is 10.6. The smallest absolute Gasteiger partial charge is 0.354 e. The van der Waals surface area contributed by atoms with Gasteiger partial charge in [-0.05, 0) is 12.1 Å². The van der Waals surface area contributed by atoms with Gasteiger partial charge in [0.1, 0.15) is 5.69 Å². The van der Waals surface area contributed by atoms with Crippen molar-refractivity contribution in [1.82, 2.24) is 4.98 Å². The summed E-state index contributed by atoms with van der Waals surface area (Å²) in [6, 6.07) is 4.65. The van der Waals surface area contributed by atoms with E-state index in [9.17, 15) is 4.79 Å². The summed E-state index contributed by atoms with van der Waals surface area (Å²) in [6.07, 6.45) is -0.630. The van der Waals surface area contributed by atoms with E-state index in [0.29, 0.717) is 5.69 Å². The first-order valence-electron chi connectivity index (χ1n) is 3.95. The molecular formula is C9H11NO4. The molecule has 0 bridgehead atoms. The standard InChI is InChI=1S/C9H11NO4/c1-13-9(14-2)7-5-3-4-6(10-7)8(11)12/h3-5,9H,1-2H3,(H,11,12). The summed E-state index contributed by atoms with van der Waals surface area (Å²) in [5.41, 5.74) is 0.413. The highest BCUT2D eigenvalue weighted by atomic mass is 16.7. The number of hydrogen-bond donors (Lipinski definition) is 1. The number of aromatic carboxylic acids is 1. The highest BCUT2D eigenvalue weighted by Gasteiger charge is 2.12. The van der Waals surface area contributed by atoms with Gasteiger partial charge in [0.25, 0.3) is 0 Å². The van der Waals surface area contributed by atoms with Crippen LogP contribution < -0.4 is 0 Å². The highest BCUT2D eigenvalue weighted by molar-refractivity contribution is 5.85. The Balaban J connectivity index is 2.98. The monoisotopic (exact) mass is 197 g/mol. The third-order valence-corrected chi connectivity index (χ3v) is 1.66. The number of carboxylic acid groups (broad SMARTS) is 1. The topological polar surface area (TPSA) is 68.7 Å². The molecule has 0 saturated carbocycles. The molecule has 0 fully saturated rings. The number of pyridine rings is 1. The molecule has 0 radical (unpaired) electrons. The number of carboxylic acids is 1. The molecule has 1 aromatic heterocycles. The van der Waals surface area contributed by atoms with E-state index < -0.39 is 12.3 Å². The van der Waals surface area contributed by atoms with Crippen LogP contribution in [0.3, 0.4) is 0 Å². The van der Waals surface area contributed by atoms with Crippen molar-refractivity contribution in [2.45, 2.75) is 6.29 Å². The maximum absolute atomic E-state index is 10.6. The molecule has 0 aromatic carbocycles. The molecule has 1 N–H and O–H groups in total. The van der Waals surface area contributed by atoms with Gasteiger partial charge in [-0.1, -0.05) is 6.07 Å². The van der Waals surface area contributed by atoms with Gasteiger partial charge in [0.15, 0.2) is 0 Å². The summed E-state index contributed by atoms with van der Waals surface area (Å²) in [4.78, 5) is 14.5. The van der Waals surface area contributed by atoms with E-state index in [4.69, 9.17) is 14.6 Å². The fraction of sp³-hybridized carbons (Fsp3) is 0.333. The van der Waals surface area contributed by atoms with E-state index in [1.165, 1.54) is 20.3 Å². The fourth-order valence-corrected chi connectivity index (χ4v) is 1.04. The minimum absolute atomic E-state index is 0.0263. The number of hydrogen-bond acceptors (Lipinski definition) is 4. The predicted octanol–water partition coefficient (Wildman–Crippen LogP) is 1.07. The van der Waals surface area contributed by atoms with E-state index in [1.54, 1.807) is 12.1 Å². The lowest BCUT2D eigenvalue weighted by atomic mass is 10.3. The summed E-state index contributed by atoms with van der Waals surface area (Å²) in [5, 5.41) is 8.69. The first-order valence-corrected chi connectivity index (χ1v) is 3.95. The number of rotatable bonds is 4. The zero-order valence-electron chi connectivity index (χ0n) is 7.93. The quantitative estimate of drug-likeness (QED) is 0.731. The van der Waals surface area contributed by atoms with Gasteiger partial charge in [-0.2, -0.15) is 0 Å². The molecule has 0 amide bonds. The molecule has 0 saturated heterocycles. The third-order valence-electron chi connectivity index (χ3n) is 1.66. The molecule has 1 heterocycles. The molecule has 0 spiro atoms. The van der Waals surface area contributed by atoms with Gasteiger partial charge >= 0.3 is 5.97 Å². The molecule has 1 aromatic rings. The Morgan fingerprint density at radius 3 is 2.57 bits per heavy atom. The summed E-state index contributed by atoms with van der Waals surface area (Å²) in [7, 11) is 2.92. The largest absolute Gasteiger partial charge is 0.477 e. The third kappa shape index (κ3) is 2.27. The first kappa shape index (κ1) is 10.6. The van der Waals surface area contributed by atoms with Crippen molar-refractivity contribution in [2.24, 2.45) is 0 Å². The van der Waals surface area contributed by atoms with Gasteiger partial charge < -0.3 is 14.6 Å². The van der Waals surface area contributed by atoms with Crippen LogP contribution in [0, 0.1) is 0 Å². The van der Waals surface area contributed by atoms with E-state index in [2.05, 4.69) is 4.98 Å². The zero-order chi connectivity index (χ0) is 10.6. The molecule has 1 rings (SSSR count). The number of carbonyl (C=O) groups is 1. The lowest BCUT2D eigenvalue weighted by Crippen LogP contribution is -2.09. The summed E-state index contributed by atoms with van der Waals surface area (Å²) in [5.74, 6) is -1.07. The predicted molar refractivity (Wildman–Crippen MR) is 48.0 cm³/mol. The van der Waals surface area contributed by atoms with Crippen molar-refractivity contribution < 1.29 is 19.4 Å². The van der Waals surface area contributed by atoms with Crippen molar-refractivity contribution in [3.63, 3.8) is 0 Å². The van der Waals surface area contributed by atoms with E-state index in [-0.39, 0.29) is 5.69 Å². The Hall–Kier alpha value is -1.46. The van der Waals surface area contributed by atoms with Crippen LogP contribution in [0.2, 0.25) is 0 Å². The lowest BCUT2D eigenvalue weighted by Gasteiger charge is -2.12. The number of methoxy groups -OCH3 is 2. The molecule has 5 heteroatoms. The van der Waals surface area contributed by atoms with E-state index >= 15 is 0 Å². The van der Waals surface area contributed by atoms with Crippen molar-refractivity contribution >= 4 is 5.97 Å². The van der Waals surface area contributed by atoms with Crippen molar-refractivity contribution in [2.75, 3.05) is 14.2 Å². The molecule has 0 unspecified atom stereocenters. The number of aromatic nitrogens is 1. The minimum atomic E-state index is -1.07. The fourth-order valence-electron chi connectivity index (χ4n) is 1.04. The normalized spacial score (nSPS) is 10.5. The SMILES string of the molecule is COC(OC)c1cccc(C(=O)O)n1. The molecule has 0 aliphatic heterocycles. The Labute approximate surface area is 81.3 Å². The zero-order valence-corrected chi connectivity index (χ0v) is 7.93. The van der Waals surface area contributed by atoms with Crippen molar-refractivity contribution in [3.8, 4) is 0 Å². The number of nitrogens with zero attached hydrogens (tertiary/aromatic N) is 1. The van der Waals surface area contributed by atoms with Crippen LogP contribution in [0.5, 0.6) is 0 Å². The van der Waals surface area contributed by atoms with E-state index in [0.717, 1.165) is 0 Å². The molecule has 76 valence electrons. The second kappa shape index (κ2) is 4.69. The molecule has 0 atom stereocenters. The summed E-state index contributed by atoms with van der Waals surface area (Å²) in [6.45, 7) is 0. The Bertz CT molecular complexity index is 322. The van der Waals surface area contributed by atoms with Crippen LogP contribution in [-0.2, 0) is 9.47 Å². The van der Waals surface area contributed by atoms with Gasteiger partial charge in [0.05, 0.1) is 5.69 Å². The van der Waals surface area contributed by atoms with Crippen molar-refractivity contribution in [3.05, 3.63) is 29.6 Å². The lowest BCUT2D eigenvalue weighted by molar-refractivity contribution is -0.108. The van der Waals surface area contributed by atoms with Crippen molar-refractivity contribution in [1.29, 1.82) is 0 Å². The maximum Gasteiger partial charge on any atom is 0.354 e. The van der Waals surface area contributed by atoms with Crippen LogP contribution in [-0.4, -0.2) is 30.3 Å².